The minimum absolute atomic E-state index is 0.184. The second kappa shape index (κ2) is 9.30. The summed E-state index contributed by atoms with van der Waals surface area (Å²) in [5.41, 5.74) is 3.76. The van der Waals surface area contributed by atoms with Crippen molar-refractivity contribution in [3.8, 4) is 5.75 Å². The van der Waals surface area contributed by atoms with E-state index >= 15 is 0 Å². The summed E-state index contributed by atoms with van der Waals surface area (Å²) in [4.78, 5) is 4.23. The summed E-state index contributed by atoms with van der Waals surface area (Å²) in [6, 6.07) is 16.2. The van der Waals surface area contributed by atoms with Gasteiger partial charge >= 0.3 is 0 Å². The molecule has 0 fully saturated rings. The minimum atomic E-state index is -3.70. The van der Waals surface area contributed by atoms with Gasteiger partial charge in [0.05, 0.1) is 10.6 Å². The van der Waals surface area contributed by atoms with Gasteiger partial charge in [-0.2, -0.15) is 0 Å². The third-order valence-corrected chi connectivity index (χ3v) is 6.51. The Kier molecular flexibility index (Phi) is 6.77. The number of pyridine rings is 1. The number of hydrogen-bond donors (Lipinski definition) is 0. The highest BCUT2D eigenvalue weighted by molar-refractivity contribution is 7.92. The monoisotopic (exact) mass is 424 g/mol. The molecule has 2 aromatic carbocycles. The molecule has 0 N–H and O–H groups in total. The number of rotatable bonds is 8. The fraction of sp³-hybridized carbons (Fsp3) is 0.292. The van der Waals surface area contributed by atoms with Crippen molar-refractivity contribution in [2.75, 3.05) is 10.8 Å². The van der Waals surface area contributed by atoms with Crippen LogP contribution in [-0.2, 0) is 16.6 Å². The van der Waals surface area contributed by atoms with Gasteiger partial charge < -0.3 is 4.74 Å². The van der Waals surface area contributed by atoms with Crippen LogP contribution in [0.3, 0.4) is 0 Å². The molecule has 3 aromatic rings. The van der Waals surface area contributed by atoms with E-state index in [4.69, 9.17) is 4.74 Å². The predicted molar refractivity (Wildman–Crippen MR) is 120 cm³/mol. The summed E-state index contributed by atoms with van der Waals surface area (Å²) in [5.74, 6) is 0.802. The van der Waals surface area contributed by atoms with E-state index in [0.29, 0.717) is 24.6 Å². The second-order valence-electron chi connectivity index (χ2n) is 7.84. The molecule has 0 atom stereocenters. The number of aryl methyl sites for hydroxylation is 2. The third kappa shape index (κ3) is 5.19. The number of benzene rings is 2. The average Bonchev–Trinajstić information content (AvgIpc) is 2.72. The van der Waals surface area contributed by atoms with Crippen LogP contribution in [-0.4, -0.2) is 19.9 Å². The van der Waals surface area contributed by atoms with Crippen molar-refractivity contribution in [3.63, 3.8) is 0 Å². The number of hydrogen-bond acceptors (Lipinski definition) is 4. The standard InChI is InChI=1S/C24H28N2O3S/c1-18(2)16-26(24-10-5-19(3)15-20(24)4)30(27,28)23-8-6-22(7-9-23)29-17-21-11-13-25-14-12-21/h5-15,18H,16-17H2,1-4H3. The number of ether oxygens (including phenoxy) is 1. The fourth-order valence-electron chi connectivity index (χ4n) is 3.22. The normalized spacial score (nSPS) is 11.5. The molecule has 1 heterocycles. The van der Waals surface area contributed by atoms with E-state index in [9.17, 15) is 8.42 Å². The Morgan fingerprint density at radius 1 is 0.967 bits per heavy atom. The highest BCUT2D eigenvalue weighted by Gasteiger charge is 2.26. The Labute approximate surface area is 179 Å². The van der Waals surface area contributed by atoms with E-state index < -0.39 is 10.0 Å². The molecule has 0 radical (unpaired) electrons. The molecule has 0 aliphatic rings. The lowest BCUT2D eigenvalue weighted by molar-refractivity contribution is 0.306. The molecule has 0 spiro atoms. The van der Waals surface area contributed by atoms with E-state index in [1.54, 1.807) is 36.7 Å². The number of anilines is 1. The van der Waals surface area contributed by atoms with Crippen LogP contribution < -0.4 is 9.04 Å². The summed E-state index contributed by atoms with van der Waals surface area (Å²) in [6.45, 7) is 8.79. The van der Waals surface area contributed by atoms with Crippen LogP contribution in [0.5, 0.6) is 5.75 Å². The molecular weight excluding hydrogens is 396 g/mol. The number of nitrogens with zero attached hydrogens (tertiary/aromatic N) is 2. The van der Waals surface area contributed by atoms with Crippen molar-refractivity contribution in [1.82, 2.24) is 4.98 Å². The van der Waals surface area contributed by atoms with Crippen molar-refractivity contribution in [1.29, 1.82) is 0 Å². The topological polar surface area (TPSA) is 59.5 Å². The number of aromatic nitrogens is 1. The van der Waals surface area contributed by atoms with Gasteiger partial charge in [0.2, 0.25) is 0 Å². The lowest BCUT2D eigenvalue weighted by Crippen LogP contribution is -2.34. The van der Waals surface area contributed by atoms with Crippen molar-refractivity contribution < 1.29 is 13.2 Å². The van der Waals surface area contributed by atoms with Gasteiger partial charge in [0.15, 0.2) is 0 Å². The molecule has 0 saturated carbocycles. The maximum absolute atomic E-state index is 13.5. The lowest BCUT2D eigenvalue weighted by atomic mass is 10.1. The molecular formula is C24H28N2O3S. The van der Waals surface area contributed by atoms with Crippen molar-refractivity contribution >= 4 is 15.7 Å². The zero-order valence-corrected chi connectivity index (χ0v) is 18.7. The molecule has 6 heteroatoms. The highest BCUT2D eigenvalue weighted by Crippen LogP contribution is 2.29. The highest BCUT2D eigenvalue weighted by atomic mass is 32.2. The van der Waals surface area contributed by atoms with E-state index in [1.165, 1.54) is 4.31 Å². The second-order valence-corrected chi connectivity index (χ2v) is 9.70. The van der Waals surface area contributed by atoms with Crippen molar-refractivity contribution in [3.05, 3.63) is 83.7 Å². The molecule has 1 aromatic heterocycles. The summed E-state index contributed by atoms with van der Waals surface area (Å²) in [6.07, 6.45) is 3.43. The zero-order valence-electron chi connectivity index (χ0n) is 17.9. The average molecular weight is 425 g/mol. The van der Waals surface area contributed by atoms with E-state index in [0.717, 1.165) is 16.7 Å². The Hall–Kier alpha value is -2.86. The van der Waals surface area contributed by atoms with Gasteiger partial charge in [-0.3, -0.25) is 9.29 Å². The van der Waals surface area contributed by atoms with Gasteiger partial charge in [-0.15, -0.1) is 0 Å². The summed E-state index contributed by atoms with van der Waals surface area (Å²) >= 11 is 0. The number of sulfonamides is 1. The summed E-state index contributed by atoms with van der Waals surface area (Å²) in [7, 11) is -3.70. The van der Waals surface area contributed by atoms with Gasteiger partial charge in [0.25, 0.3) is 10.0 Å². The summed E-state index contributed by atoms with van der Waals surface area (Å²) < 4.78 is 34.2. The van der Waals surface area contributed by atoms with Crippen LogP contribution in [0.25, 0.3) is 0 Å². The first-order valence-electron chi connectivity index (χ1n) is 9.99. The first kappa shape index (κ1) is 21.8. The Balaban J connectivity index is 1.85. The minimum Gasteiger partial charge on any atom is -0.489 e. The van der Waals surface area contributed by atoms with Gasteiger partial charge in [0.1, 0.15) is 12.4 Å². The molecule has 0 unspecified atom stereocenters. The maximum Gasteiger partial charge on any atom is 0.264 e. The maximum atomic E-state index is 13.5. The molecule has 0 aliphatic carbocycles. The first-order valence-corrected chi connectivity index (χ1v) is 11.4. The quantitative estimate of drug-likeness (QED) is 0.503. The SMILES string of the molecule is Cc1ccc(N(CC(C)C)S(=O)(=O)c2ccc(OCc3ccncc3)cc2)c(C)c1. The van der Waals surface area contributed by atoms with Crippen molar-refractivity contribution in [2.45, 2.75) is 39.2 Å². The first-order chi connectivity index (χ1) is 14.3. The summed E-state index contributed by atoms with van der Waals surface area (Å²) in [5, 5.41) is 0. The van der Waals surface area contributed by atoms with E-state index in [2.05, 4.69) is 4.98 Å². The van der Waals surface area contributed by atoms with Gasteiger partial charge in [-0.25, -0.2) is 8.42 Å². The van der Waals surface area contributed by atoms with E-state index in [-0.39, 0.29) is 10.8 Å². The van der Waals surface area contributed by atoms with Crippen molar-refractivity contribution in [2.24, 2.45) is 5.92 Å². The molecule has 0 aliphatic heterocycles. The molecule has 0 bridgehead atoms. The van der Waals surface area contributed by atoms with Gasteiger partial charge in [0, 0.05) is 18.9 Å². The van der Waals surface area contributed by atoms with Crippen LogP contribution in [0.2, 0.25) is 0 Å². The molecule has 5 nitrogen and oxygen atoms in total. The molecule has 30 heavy (non-hydrogen) atoms. The molecule has 0 saturated heterocycles. The fourth-order valence-corrected chi connectivity index (χ4v) is 4.92. The van der Waals surface area contributed by atoms with Crippen LogP contribution >= 0.6 is 0 Å². The van der Waals surface area contributed by atoms with Gasteiger partial charge in [-0.05, 0) is 73.4 Å². The van der Waals surface area contributed by atoms with Gasteiger partial charge in [-0.1, -0.05) is 31.5 Å². The lowest BCUT2D eigenvalue weighted by Gasteiger charge is -2.28. The van der Waals surface area contributed by atoms with Crippen LogP contribution in [0.1, 0.15) is 30.5 Å². The van der Waals surface area contributed by atoms with Crippen LogP contribution in [0, 0.1) is 19.8 Å². The molecule has 158 valence electrons. The predicted octanol–water partition coefficient (Wildman–Crippen LogP) is 5.13. The third-order valence-electron chi connectivity index (χ3n) is 4.72. The Morgan fingerprint density at radius 3 is 2.23 bits per heavy atom. The smallest absolute Gasteiger partial charge is 0.264 e. The van der Waals surface area contributed by atoms with Crippen LogP contribution in [0.15, 0.2) is 71.9 Å². The Bertz CT molecular complexity index is 1080. The molecule has 0 amide bonds. The largest absolute Gasteiger partial charge is 0.489 e. The zero-order chi connectivity index (χ0) is 21.7. The van der Waals surface area contributed by atoms with Crippen LogP contribution in [0.4, 0.5) is 5.69 Å². The van der Waals surface area contributed by atoms with E-state index in [1.807, 2.05) is 58.0 Å². The molecule has 3 rings (SSSR count). The Morgan fingerprint density at radius 2 is 1.63 bits per heavy atom.